The number of aromatic nitrogens is 1. The van der Waals surface area contributed by atoms with Crippen molar-refractivity contribution in [1.29, 1.82) is 0 Å². The second-order valence-electron chi connectivity index (χ2n) is 2.17. The van der Waals surface area contributed by atoms with Crippen LogP contribution in [0.25, 0.3) is 0 Å². The van der Waals surface area contributed by atoms with Gasteiger partial charge in [0, 0.05) is 0 Å². The smallest absolute Gasteiger partial charge is 0.281 e. The number of hydrogen-bond acceptors (Lipinski definition) is 3. The van der Waals surface area contributed by atoms with Crippen LogP contribution >= 0.6 is 11.6 Å². The highest BCUT2D eigenvalue weighted by molar-refractivity contribution is 6.34. The zero-order chi connectivity index (χ0) is 10.0. The van der Waals surface area contributed by atoms with Crippen molar-refractivity contribution in [2.45, 2.75) is 6.43 Å². The molecule has 0 atom stereocenters. The first-order chi connectivity index (χ1) is 6.07. The van der Waals surface area contributed by atoms with E-state index in [1.165, 1.54) is 0 Å². The van der Waals surface area contributed by atoms with E-state index in [2.05, 4.69) is 4.98 Å². The van der Waals surface area contributed by atoms with Crippen molar-refractivity contribution in [3.63, 3.8) is 0 Å². The van der Waals surface area contributed by atoms with Gasteiger partial charge in [-0.2, -0.15) is 0 Å². The molecule has 1 rings (SSSR count). The van der Waals surface area contributed by atoms with Gasteiger partial charge >= 0.3 is 0 Å². The van der Waals surface area contributed by atoms with Gasteiger partial charge in [0.05, 0.1) is 16.8 Å². The molecule has 0 aliphatic carbocycles. The van der Waals surface area contributed by atoms with E-state index >= 15 is 0 Å². The number of carbonyl (C=O) groups excluding carboxylic acids is 1. The van der Waals surface area contributed by atoms with Crippen LogP contribution in [0.4, 0.5) is 8.78 Å². The van der Waals surface area contributed by atoms with Crippen LogP contribution in [0.1, 0.15) is 22.5 Å². The summed E-state index contributed by atoms with van der Waals surface area (Å²) in [7, 11) is 0. The van der Waals surface area contributed by atoms with Gasteiger partial charge < -0.3 is 5.11 Å². The molecule has 0 aromatic carbocycles. The van der Waals surface area contributed by atoms with Crippen molar-refractivity contribution in [1.82, 2.24) is 4.98 Å². The largest absolute Gasteiger partial charge is 0.505 e. The fourth-order valence-corrected chi connectivity index (χ4v) is 0.983. The SMILES string of the molecule is O=Cc1c(C(F)F)ncc(O)c1Cl. The summed E-state index contributed by atoms with van der Waals surface area (Å²) < 4.78 is 24.3. The number of hydrogen-bond donors (Lipinski definition) is 1. The molecule has 6 heteroatoms. The van der Waals surface area contributed by atoms with E-state index in [4.69, 9.17) is 16.7 Å². The third-order valence-corrected chi connectivity index (χ3v) is 1.78. The highest BCUT2D eigenvalue weighted by Crippen LogP contribution is 2.30. The molecule has 0 radical (unpaired) electrons. The lowest BCUT2D eigenvalue weighted by atomic mass is 10.2. The summed E-state index contributed by atoms with van der Waals surface area (Å²) in [6, 6.07) is 0. The maximum Gasteiger partial charge on any atom is 0.281 e. The molecule has 0 saturated carbocycles. The number of pyridine rings is 1. The predicted molar refractivity (Wildman–Crippen MR) is 41.3 cm³/mol. The normalized spacial score (nSPS) is 10.5. The summed E-state index contributed by atoms with van der Waals surface area (Å²) in [5.41, 5.74) is -1.20. The van der Waals surface area contributed by atoms with Crippen molar-refractivity contribution in [3.8, 4) is 5.75 Å². The van der Waals surface area contributed by atoms with Crippen LogP contribution in [0.3, 0.4) is 0 Å². The number of alkyl halides is 2. The van der Waals surface area contributed by atoms with Crippen molar-refractivity contribution in [2.24, 2.45) is 0 Å². The second-order valence-corrected chi connectivity index (χ2v) is 2.55. The predicted octanol–water partition coefficient (Wildman–Crippen LogP) is 2.19. The fourth-order valence-electron chi connectivity index (χ4n) is 0.793. The lowest BCUT2D eigenvalue weighted by Gasteiger charge is -2.04. The molecule has 0 fully saturated rings. The van der Waals surface area contributed by atoms with Gasteiger partial charge in [-0.3, -0.25) is 9.78 Å². The molecule has 0 spiro atoms. The van der Waals surface area contributed by atoms with Crippen molar-refractivity contribution >= 4 is 17.9 Å². The molecule has 0 aliphatic rings. The first-order valence-electron chi connectivity index (χ1n) is 3.18. The van der Waals surface area contributed by atoms with E-state index in [-0.39, 0.29) is 6.29 Å². The molecule has 1 aromatic heterocycles. The molecule has 70 valence electrons. The molecule has 0 unspecified atom stereocenters. The van der Waals surface area contributed by atoms with E-state index in [0.717, 1.165) is 6.20 Å². The minimum absolute atomic E-state index is 0.135. The molecule has 1 N–H and O–H groups in total. The van der Waals surface area contributed by atoms with Crippen LogP contribution in [0, 0.1) is 0 Å². The van der Waals surface area contributed by atoms with Gasteiger partial charge in [0.1, 0.15) is 5.69 Å². The quantitative estimate of drug-likeness (QED) is 0.757. The Hall–Kier alpha value is -1.23. The van der Waals surface area contributed by atoms with Gasteiger partial charge in [0.15, 0.2) is 12.0 Å². The maximum absolute atomic E-state index is 12.2. The fraction of sp³-hybridized carbons (Fsp3) is 0.143. The zero-order valence-corrected chi connectivity index (χ0v) is 6.92. The number of nitrogens with zero attached hydrogens (tertiary/aromatic N) is 1. The van der Waals surface area contributed by atoms with E-state index in [0.29, 0.717) is 0 Å². The Balaban J connectivity index is 3.38. The molecular weight excluding hydrogens is 204 g/mol. The number of rotatable bonds is 2. The summed E-state index contributed by atoms with van der Waals surface area (Å²) in [6.45, 7) is 0. The average molecular weight is 208 g/mol. The molecule has 3 nitrogen and oxygen atoms in total. The Morgan fingerprint density at radius 1 is 1.62 bits per heavy atom. The van der Waals surface area contributed by atoms with Gasteiger partial charge in [-0.15, -0.1) is 0 Å². The van der Waals surface area contributed by atoms with Crippen molar-refractivity contribution in [3.05, 3.63) is 22.5 Å². The lowest BCUT2D eigenvalue weighted by Crippen LogP contribution is -1.98. The molecule has 1 aromatic rings. The monoisotopic (exact) mass is 207 g/mol. The summed E-state index contributed by atoms with van der Waals surface area (Å²) in [4.78, 5) is 13.5. The Bertz CT molecular complexity index is 344. The summed E-state index contributed by atoms with van der Waals surface area (Å²) in [5.74, 6) is -0.492. The molecule has 0 aliphatic heterocycles. The maximum atomic E-state index is 12.2. The minimum atomic E-state index is -2.89. The number of aldehydes is 1. The highest BCUT2D eigenvalue weighted by atomic mass is 35.5. The van der Waals surface area contributed by atoms with Gasteiger partial charge in [-0.05, 0) is 0 Å². The number of aromatic hydroxyl groups is 1. The Kier molecular flexibility index (Phi) is 2.77. The highest BCUT2D eigenvalue weighted by Gasteiger charge is 2.19. The molecule has 13 heavy (non-hydrogen) atoms. The molecule has 1 heterocycles. The van der Waals surface area contributed by atoms with Crippen LogP contribution < -0.4 is 0 Å². The molecule has 0 amide bonds. The van der Waals surface area contributed by atoms with E-state index in [1.807, 2.05) is 0 Å². The van der Waals surface area contributed by atoms with Crippen LogP contribution in [0.15, 0.2) is 6.20 Å². The molecule has 0 bridgehead atoms. The zero-order valence-electron chi connectivity index (χ0n) is 6.17. The lowest BCUT2D eigenvalue weighted by molar-refractivity contribution is 0.110. The topological polar surface area (TPSA) is 50.2 Å². The van der Waals surface area contributed by atoms with Gasteiger partial charge in [0.25, 0.3) is 6.43 Å². The third kappa shape index (κ3) is 1.75. The first kappa shape index (κ1) is 9.85. The summed E-state index contributed by atoms with van der Waals surface area (Å²) in [6.07, 6.45) is -1.98. The number of halogens is 3. The average Bonchev–Trinajstić information content (AvgIpc) is 2.09. The second kappa shape index (κ2) is 3.66. The van der Waals surface area contributed by atoms with Crippen LogP contribution in [-0.4, -0.2) is 16.4 Å². The van der Waals surface area contributed by atoms with Gasteiger partial charge in [0.2, 0.25) is 0 Å². The minimum Gasteiger partial charge on any atom is -0.505 e. The van der Waals surface area contributed by atoms with Crippen molar-refractivity contribution < 1.29 is 18.7 Å². The standard InChI is InChI=1S/C7H4ClF2NO2/c8-5-3(2-12)6(7(9)10)11-1-4(5)13/h1-2,7,13H. The van der Waals surface area contributed by atoms with E-state index < -0.39 is 28.5 Å². The molecule has 0 saturated heterocycles. The molecular formula is C7H4ClF2NO2. The Morgan fingerprint density at radius 2 is 2.23 bits per heavy atom. The first-order valence-corrected chi connectivity index (χ1v) is 3.56. The van der Waals surface area contributed by atoms with E-state index in [1.54, 1.807) is 0 Å². The summed E-state index contributed by atoms with van der Waals surface area (Å²) >= 11 is 5.39. The van der Waals surface area contributed by atoms with Crippen molar-refractivity contribution in [2.75, 3.05) is 0 Å². The van der Waals surface area contributed by atoms with Crippen LogP contribution in [0.2, 0.25) is 5.02 Å². The third-order valence-electron chi connectivity index (χ3n) is 1.39. The van der Waals surface area contributed by atoms with Crippen LogP contribution in [-0.2, 0) is 0 Å². The Morgan fingerprint density at radius 3 is 2.69 bits per heavy atom. The van der Waals surface area contributed by atoms with Crippen LogP contribution in [0.5, 0.6) is 5.75 Å². The summed E-state index contributed by atoms with van der Waals surface area (Å²) in [5, 5.41) is 8.54. The van der Waals surface area contributed by atoms with E-state index in [9.17, 15) is 13.6 Å². The van der Waals surface area contributed by atoms with Gasteiger partial charge in [-0.25, -0.2) is 8.78 Å². The number of carbonyl (C=O) groups is 1. The van der Waals surface area contributed by atoms with Gasteiger partial charge in [-0.1, -0.05) is 11.6 Å². The Labute approximate surface area is 77.0 Å².